The Hall–Kier alpha value is -1.27. The van der Waals surface area contributed by atoms with Crippen LogP contribution in [0.25, 0.3) is 0 Å². The third-order valence-corrected chi connectivity index (χ3v) is 4.25. The zero-order valence-electron chi connectivity index (χ0n) is 12.0. The van der Waals surface area contributed by atoms with Crippen molar-refractivity contribution in [2.75, 3.05) is 24.2 Å². The van der Waals surface area contributed by atoms with Crippen LogP contribution in [0.5, 0.6) is 0 Å². The number of sulfonamides is 1. The molecule has 0 fully saturated rings. The molecule has 0 unspecified atom stereocenters. The fourth-order valence-corrected chi connectivity index (χ4v) is 2.22. The van der Waals surface area contributed by atoms with Crippen molar-refractivity contribution in [2.45, 2.75) is 13.8 Å². The van der Waals surface area contributed by atoms with Crippen molar-refractivity contribution in [3.05, 3.63) is 28.8 Å². The predicted octanol–water partition coefficient (Wildman–Crippen LogP) is 2.12. The zero-order chi connectivity index (χ0) is 15.5. The molecule has 0 aliphatic carbocycles. The van der Waals surface area contributed by atoms with Crippen molar-refractivity contribution in [3.63, 3.8) is 0 Å². The molecule has 1 rings (SSSR count). The summed E-state index contributed by atoms with van der Waals surface area (Å²) in [5, 5.41) is 2.98. The monoisotopic (exact) mass is 318 g/mol. The molecule has 112 valence electrons. The quantitative estimate of drug-likeness (QED) is 0.904. The molecule has 0 saturated heterocycles. The number of carbonyl (C=O) groups excluding carboxylic acids is 1. The summed E-state index contributed by atoms with van der Waals surface area (Å²) in [4.78, 5) is 11.9. The molecule has 0 bridgehead atoms. The lowest BCUT2D eigenvalue weighted by Gasteiger charge is -2.17. The summed E-state index contributed by atoms with van der Waals surface area (Å²) in [6.45, 7) is 4.54. The highest BCUT2D eigenvalue weighted by molar-refractivity contribution is 7.92. The van der Waals surface area contributed by atoms with E-state index in [1.54, 1.807) is 6.07 Å². The van der Waals surface area contributed by atoms with Crippen LogP contribution in [0.1, 0.15) is 24.2 Å². The van der Waals surface area contributed by atoms with Gasteiger partial charge in [-0.25, -0.2) is 8.42 Å². The molecule has 1 aromatic rings. The molecule has 0 atom stereocenters. The summed E-state index contributed by atoms with van der Waals surface area (Å²) in [5.74, 6) is 0.0747. The average Bonchev–Trinajstić information content (AvgIpc) is 2.33. The summed E-state index contributed by atoms with van der Waals surface area (Å²) in [6, 6.07) is 4.54. The lowest BCUT2D eigenvalue weighted by Crippen LogP contribution is -2.28. The molecule has 7 heteroatoms. The van der Waals surface area contributed by atoms with Gasteiger partial charge in [0, 0.05) is 13.6 Å². The lowest BCUT2D eigenvalue weighted by molar-refractivity contribution is 0.0949. The van der Waals surface area contributed by atoms with E-state index in [0.717, 1.165) is 10.6 Å². The second-order valence-electron chi connectivity index (χ2n) is 5.00. The highest BCUT2D eigenvalue weighted by Crippen LogP contribution is 2.24. The van der Waals surface area contributed by atoms with Crippen LogP contribution >= 0.6 is 11.6 Å². The topological polar surface area (TPSA) is 66.5 Å². The van der Waals surface area contributed by atoms with Gasteiger partial charge in [0.2, 0.25) is 10.0 Å². The summed E-state index contributed by atoms with van der Waals surface area (Å²) in [5.41, 5.74) is 0.746. The average molecular weight is 319 g/mol. The Bertz CT molecular complexity index is 600. The van der Waals surface area contributed by atoms with E-state index in [0.29, 0.717) is 23.7 Å². The van der Waals surface area contributed by atoms with Crippen molar-refractivity contribution in [1.82, 2.24) is 5.32 Å². The molecule has 0 saturated carbocycles. The standard InChI is InChI=1S/C13H19ClN2O3S/c1-9(2)8-15-13(17)11-6-5-10(7-12(11)14)16(3)20(4,18)19/h5-7,9H,8H2,1-4H3,(H,15,17). The van der Waals surface area contributed by atoms with Gasteiger partial charge in [-0.05, 0) is 24.1 Å². The van der Waals surface area contributed by atoms with Crippen LogP contribution in [0, 0.1) is 5.92 Å². The van der Waals surface area contributed by atoms with Gasteiger partial charge in [-0.3, -0.25) is 9.10 Å². The summed E-state index contributed by atoms with van der Waals surface area (Å²) < 4.78 is 24.0. The summed E-state index contributed by atoms with van der Waals surface area (Å²) in [7, 11) is -1.92. The molecule has 0 aliphatic heterocycles. The molecule has 0 aromatic heterocycles. The molecule has 1 N–H and O–H groups in total. The van der Waals surface area contributed by atoms with Gasteiger partial charge in [-0.1, -0.05) is 25.4 Å². The van der Waals surface area contributed by atoms with Gasteiger partial charge >= 0.3 is 0 Å². The first-order valence-corrected chi connectivity index (χ1v) is 8.37. The van der Waals surface area contributed by atoms with Crippen LogP contribution < -0.4 is 9.62 Å². The number of hydrogen-bond donors (Lipinski definition) is 1. The molecule has 1 amide bonds. The van der Waals surface area contributed by atoms with Crippen molar-refractivity contribution in [3.8, 4) is 0 Å². The second kappa shape index (κ2) is 6.45. The number of nitrogens with zero attached hydrogens (tertiary/aromatic N) is 1. The molecular formula is C13H19ClN2O3S. The first kappa shape index (κ1) is 16.8. The maximum absolute atomic E-state index is 11.9. The zero-order valence-corrected chi connectivity index (χ0v) is 13.5. The predicted molar refractivity (Wildman–Crippen MR) is 81.9 cm³/mol. The van der Waals surface area contributed by atoms with Crippen molar-refractivity contribution < 1.29 is 13.2 Å². The largest absolute Gasteiger partial charge is 0.352 e. The third-order valence-electron chi connectivity index (χ3n) is 2.73. The number of halogens is 1. The number of carbonyl (C=O) groups is 1. The minimum absolute atomic E-state index is 0.222. The number of amides is 1. The van der Waals surface area contributed by atoms with Crippen LogP contribution in [0.15, 0.2) is 18.2 Å². The summed E-state index contributed by atoms with van der Waals surface area (Å²) in [6.07, 6.45) is 1.10. The van der Waals surface area contributed by atoms with Crippen molar-refractivity contribution in [2.24, 2.45) is 5.92 Å². The Morgan fingerprint density at radius 2 is 2.00 bits per heavy atom. The molecule has 0 radical (unpaired) electrons. The minimum atomic E-state index is -3.35. The normalized spacial score (nSPS) is 11.5. The molecule has 20 heavy (non-hydrogen) atoms. The number of nitrogens with one attached hydrogen (secondary N) is 1. The molecule has 0 aliphatic rings. The van der Waals surface area contributed by atoms with E-state index in [9.17, 15) is 13.2 Å². The minimum Gasteiger partial charge on any atom is -0.352 e. The van der Waals surface area contributed by atoms with Crippen LogP contribution in [-0.4, -0.2) is 34.2 Å². The smallest absolute Gasteiger partial charge is 0.252 e. The second-order valence-corrected chi connectivity index (χ2v) is 7.42. The van der Waals surface area contributed by atoms with E-state index in [-0.39, 0.29) is 10.9 Å². The van der Waals surface area contributed by atoms with Gasteiger partial charge in [-0.2, -0.15) is 0 Å². The maximum Gasteiger partial charge on any atom is 0.252 e. The lowest BCUT2D eigenvalue weighted by atomic mass is 10.1. The fraction of sp³-hybridized carbons (Fsp3) is 0.462. The van der Waals surface area contributed by atoms with Gasteiger partial charge in [0.1, 0.15) is 0 Å². The highest BCUT2D eigenvalue weighted by atomic mass is 35.5. The Balaban J connectivity index is 2.97. The van der Waals surface area contributed by atoms with Crippen LogP contribution in [0.2, 0.25) is 5.02 Å². The van der Waals surface area contributed by atoms with E-state index >= 15 is 0 Å². The maximum atomic E-state index is 11.9. The van der Waals surface area contributed by atoms with E-state index < -0.39 is 10.0 Å². The van der Waals surface area contributed by atoms with Gasteiger partial charge < -0.3 is 5.32 Å². The molecule has 0 heterocycles. The van der Waals surface area contributed by atoms with Gasteiger partial charge in [0.15, 0.2) is 0 Å². The summed E-state index contributed by atoms with van der Waals surface area (Å²) >= 11 is 6.05. The molecule has 1 aromatic carbocycles. The van der Waals surface area contributed by atoms with Crippen LogP contribution in [-0.2, 0) is 10.0 Å². The SMILES string of the molecule is CC(C)CNC(=O)c1ccc(N(C)S(C)(=O)=O)cc1Cl. The number of hydrogen-bond acceptors (Lipinski definition) is 3. The number of benzene rings is 1. The Kier molecular flexibility index (Phi) is 5.42. The van der Waals surface area contributed by atoms with Crippen molar-refractivity contribution in [1.29, 1.82) is 0 Å². The van der Waals surface area contributed by atoms with E-state index in [4.69, 9.17) is 11.6 Å². The van der Waals surface area contributed by atoms with E-state index in [1.165, 1.54) is 19.2 Å². The first-order chi connectivity index (χ1) is 9.12. The fourth-order valence-electron chi connectivity index (χ4n) is 1.47. The molecular weight excluding hydrogens is 300 g/mol. The molecule has 0 spiro atoms. The van der Waals surface area contributed by atoms with Crippen molar-refractivity contribution >= 4 is 33.2 Å². The van der Waals surface area contributed by atoms with Crippen LogP contribution in [0.4, 0.5) is 5.69 Å². The third kappa shape index (κ3) is 4.38. The van der Waals surface area contributed by atoms with E-state index in [2.05, 4.69) is 5.32 Å². The van der Waals surface area contributed by atoms with Gasteiger partial charge in [-0.15, -0.1) is 0 Å². The Morgan fingerprint density at radius 3 is 2.45 bits per heavy atom. The number of rotatable bonds is 5. The van der Waals surface area contributed by atoms with Crippen LogP contribution in [0.3, 0.4) is 0 Å². The molecule has 5 nitrogen and oxygen atoms in total. The van der Waals surface area contributed by atoms with Gasteiger partial charge in [0.25, 0.3) is 5.91 Å². The Morgan fingerprint density at radius 1 is 1.40 bits per heavy atom. The first-order valence-electron chi connectivity index (χ1n) is 6.14. The Labute approximate surface area is 125 Å². The van der Waals surface area contributed by atoms with Gasteiger partial charge in [0.05, 0.1) is 22.5 Å². The highest BCUT2D eigenvalue weighted by Gasteiger charge is 2.16. The van der Waals surface area contributed by atoms with E-state index in [1.807, 2.05) is 13.8 Å². The number of anilines is 1.